The quantitative estimate of drug-likeness (QED) is 0.728. The number of nitrogens with one attached hydrogen (secondary N) is 1. The van der Waals surface area contributed by atoms with Crippen LogP contribution in [0.1, 0.15) is 21.7 Å². The van der Waals surface area contributed by atoms with E-state index in [0.29, 0.717) is 24.5 Å². The van der Waals surface area contributed by atoms with Gasteiger partial charge in [-0.2, -0.15) is 0 Å². The summed E-state index contributed by atoms with van der Waals surface area (Å²) in [7, 11) is 0. The zero-order valence-electron chi connectivity index (χ0n) is 13.3. The first-order valence-corrected chi connectivity index (χ1v) is 7.60. The zero-order valence-corrected chi connectivity index (χ0v) is 13.3. The van der Waals surface area contributed by atoms with Crippen LogP contribution in [0.15, 0.2) is 52.9 Å². The minimum absolute atomic E-state index is 0.231. The number of carbonyl (C=O) groups is 1. The molecule has 0 spiro atoms. The second-order valence-corrected chi connectivity index (χ2v) is 5.58. The first-order chi connectivity index (χ1) is 11.1. The van der Waals surface area contributed by atoms with E-state index in [1.54, 1.807) is 6.07 Å². The van der Waals surface area contributed by atoms with Crippen LogP contribution < -0.4 is 10.1 Å². The van der Waals surface area contributed by atoms with Gasteiger partial charge >= 0.3 is 0 Å². The second kappa shape index (κ2) is 6.57. The van der Waals surface area contributed by atoms with Crippen molar-refractivity contribution >= 4 is 16.9 Å². The molecule has 4 nitrogen and oxygen atoms in total. The highest BCUT2D eigenvalue weighted by Gasteiger charge is 2.11. The molecule has 0 aliphatic heterocycles. The van der Waals surface area contributed by atoms with E-state index in [1.807, 2.05) is 50.2 Å². The van der Waals surface area contributed by atoms with Gasteiger partial charge in [-0.3, -0.25) is 4.79 Å². The van der Waals surface area contributed by atoms with Gasteiger partial charge in [-0.15, -0.1) is 0 Å². The van der Waals surface area contributed by atoms with E-state index in [0.717, 1.165) is 22.3 Å². The minimum atomic E-state index is -0.231. The highest BCUT2D eigenvalue weighted by Crippen LogP contribution is 2.18. The summed E-state index contributed by atoms with van der Waals surface area (Å²) in [6.45, 7) is 4.89. The summed E-state index contributed by atoms with van der Waals surface area (Å²) < 4.78 is 11.2. The Bertz CT molecular complexity index is 782. The van der Waals surface area contributed by atoms with Crippen molar-refractivity contribution in [1.29, 1.82) is 0 Å². The average molecular weight is 309 g/mol. The Kier molecular flexibility index (Phi) is 4.33. The molecule has 23 heavy (non-hydrogen) atoms. The number of amides is 1. The molecule has 0 radical (unpaired) electrons. The lowest BCUT2D eigenvalue weighted by molar-refractivity contribution is 0.0921. The van der Waals surface area contributed by atoms with Crippen LogP contribution in [0.5, 0.6) is 5.75 Å². The third-order valence-corrected chi connectivity index (χ3v) is 3.50. The lowest BCUT2D eigenvalue weighted by atomic mass is 10.1. The molecule has 3 aromatic rings. The highest BCUT2D eigenvalue weighted by atomic mass is 16.5. The van der Waals surface area contributed by atoms with Crippen LogP contribution in [0.2, 0.25) is 0 Å². The van der Waals surface area contributed by atoms with Gasteiger partial charge in [0.1, 0.15) is 17.9 Å². The summed E-state index contributed by atoms with van der Waals surface area (Å²) in [5.41, 5.74) is 3.03. The predicted molar refractivity (Wildman–Crippen MR) is 90.0 cm³/mol. The lowest BCUT2D eigenvalue weighted by Crippen LogP contribution is -2.27. The number of hydrogen-bond acceptors (Lipinski definition) is 3. The summed E-state index contributed by atoms with van der Waals surface area (Å²) in [4.78, 5) is 12.1. The number of hydrogen-bond donors (Lipinski definition) is 1. The number of para-hydroxylation sites is 1. The van der Waals surface area contributed by atoms with Gasteiger partial charge in [0.05, 0.1) is 6.54 Å². The normalized spacial score (nSPS) is 10.7. The average Bonchev–Trinajstić information content (AvgIpc) is 2.94. The Morgan fingerprint density at radius 2 is 1.83 bits per heavy atom. The molecule has 1 heterocycles. The topological polar surface area (TPSA) is 51.5 Å². The molecule has 2 aromatic carbocycles. The van der Waals surface area contributed by atoms with E-state index in [1.165, 1.54) is 0 Å². The third-order valence-electron chi connectivity index (χ3n) is 3.50. The SMILES string of the molecule is Cc1cc(C)cc(OCCNC(=O)c2cc3ccccc3o2)c1. The van der Waals surface area contributed by atoms with Gasteiger partial charge in [0.15, 0.2) is 5.76 Å². The van der Waals surface area contributed by atoms with Gasteiger partial charge in [0.2, 0.25) is 0 Å². The summed E-state index contributed by atoms with van der Waals surface area (Å²) in [6.07, 6.45) is 0. The maximum absolute atomic E-state index is 12.1. The fourth-order valence-electron chi connectivity index (χ4n) is 2.53. The zero-order chi connectivity index (χ0) is 16.2. The number of fused-ring (bicyclic) bond motifs is 1. The first kappa shape index (κ1) is 15.2. The molecule has 0 aliphatic carbocycles. The summed E-state index contributed by atoms with van der Waals surface area (Å²) in [5, 5.41) is 3.72. The number of rotatable bonds is 5. The van der Waals surface area contributed by atoms with Crippen molar-refractivity contribution in [2.45, 2.75) is 13.8 Å². The van der Waals surface area contributed by atoms with E-state index < -0.39 is 0 Å². The van der Waals surface area contributed by atoms with E-state index in [-0.39, 0.29) is 5.91 Å². The smallest absolute Gasteiger partial charge is 0.287 e. The standard InChI is InChI=1S/C19H19NO3/c1-13-9-14(2)11-16(10-13)22-8-7-20-19(21)18-12-15-5-3-4-6-17(15)23-18/h3-6,9-12H,7-8H2,1-2H3,(H,20,21). The Morgan fingerprint density at radius 1 is 1.09 bits per heavy atom. The second-order valence-electron chi connectivity index (χ2n) is 5.58. The van der Waals surface area contributed by atoms with Gasteiger partial charge in [-0.05, 0) is 49.2 Å². The van der Waals surface area contributed by atoms with E-state index in [9.17, 15) is 4.79 Å². The number of benzene rings is 2. The Morgan fingerprint density at radius 3 is 2.57 bits per heavy atom. The van der Waals surface area contributed by atoms with Gasteiger partial charge in [0, 0.05) is 5.39 Å². The first-order valence-electron chi connectivity index (χ1n) is 7.60. The van der Waals surface area contributed by atoms with Gasteiger partial charge < -0.3 is 14.5 Å². The molecule has 0 aliphatic rings. The minimum Gasteiger partial charge on any atom is -0.492 e. The van der Waals surface area contributed by atoms with Crippen molar-refractivity contribution in [1.82, 2.24) is 5.32 Å². The molecule has 1 N–H and O–H groups in total. The van der Waals surface area contributed by atoms with Crippen LogP contribution >= 0.6 is 0 Å². The fourth-order valence-corrected chi connectivity index (χ4v) is 2.53. The molecule has 0 saturated heterocycles. The molecule has 1 aromatic heterocycles. The lowest BCUT2D eigenvalue weighted by Gasteiger charge is -2.08. The molecule has 0 unspecified atom stereocenters. The summed E-state index contributed by atoms with van der Waals surface area (Å²) in [6, 6.07) is 15.4. The predicted octanol–water partition coefficient (Wildman–Crippen LogP) is 3.86. The van der Waals surface area contributed by atoms with Crippen LogP contribution in [-0.4, -0.2) is 19.1 Å². The molecule has 0 bridgehead atoms. The number of aryl methyl sites for hydroxylation is 2. The van der Waals surface area contributed by atoms with E-state index >= 15 is 0 Å². The molecule has 3 rings (SSSR count). The summed E-state index contributed by atoms with van der Waals surface area (Å²) >= 11 is 0. The van der Waals surface area contributed by atoms with Crippen LogP contribution in [-0.2, 0) is 0 Å². The van der Waals surface area contributed by atoms with Crippen molar-refractivity contribution in [3.63, 3.8) is 0 Å². The van der Waals surface area contributed by atoms with Crippen molar-refractivity contribution < 1.29 is 13.9 Å². The third kappa shape index (κ3) is 3.72. The maximum atomic E-state index is 12.1. The van der Waals surface area contributed by atoms with Crippen LogP contribution in [0, 0.1) is 13.8 Å². The van der Waals surface area contributed by atoms with Gasteiger partial charge in [-0.25, -0.2) is 0 Å². The molecular formula is C19H19NO3. The molecule has 118 valence electrons. The van der Waals surface area contributed by atoms with Crippen molar-refractivity contribution in [2.75, 3.05) is 13.2 Å². The fraction of sp³-hybridized carbons (Fsp3) is 0.211. The molecule has 0 fully saturated rings. The largest absolute Gasteiger partial charge is 0.492 e. The van der Waals surface area contributed by atoms with Crippen molar-refractivity contribution in [2.24, 2.45) is 0 Å². The highest BCUT2D eigenvalue weighted by molar-refractivity contribution is 5.96. The Balaban J connectivity index is 1.53. The molecule has 0 atom stereocenters. The maximum Gasteiger partial charge on any atom is 0.287 e. The molecule has 4 heteroatoms. The Hall–Kier alpha value is -2.75. The number of furan rings is 1. The van der Waals surface area contributed by atoms with Gasteiger partial charge in [-0.1, -0.05) is 24.3 Å². The molecular weight excluding hydrogens is 290 g/mol. The van der Waals surface area contributed by atoms with Crippen LogP contribution in [0.3, 0.4) is 0 Å². The monoisotopic (exact) mass is 309 g/mol. The van der Waals surface area contributed by atoms with Crippen LogP contribution in [0.4, 0.5) is 0 Å². The number of carbonyl (C=O) groups excluding carboxylic acids is 1. The molecule has 0 saturated carbocycles. The Labute approximate surface area is 135 Å². The number of ether oxygens (including phenoxy) is 1. The van der Waals surface area contributed by atoms with E-state index in [4.69, 9.17) is 9.15 Å². The van der Waals surface area contributed by atoms with Gasteiger partial charge in [0.25, 0.3) is 5.91 Å². The molecule has 1 amide bonds. The summed E-state index contributed by atoms with van der Waals surface area (Å²) in [5.74, 6) is 0.906. The van der Waals surface area contributed by atoms with E-state index in [2.05, 4.69) is 11.4 Å². The van der Waals surface area contributed by atoms with Crippen LogP contribution in [0.25, 0.3) is 11.0 Å². The van der Waals surface area contributed by atoms with Crippen molar-refractivity contribution in [3.8, 4) is 5.75 Å². The van der Waals surface area contributed by atoms with Crippen molar-refractivity contribution in [3.05, 3.63) is 65.4 Å².